The molecule has 110 valence electrons. The number of rotatable bonds is 5. The van der Waals surface area contributed by atoms with Crippen LogP contribution in [0.5, 0.6) is 5.75 Å². The van der Waals surface area contributed by atoms with Crippen LogP contribution in [0.1, 0.15) is 11.1 Å². The highest BCUT2D eigenvalue weighted by Crippen LogP contribution is 2.24. The lowest BCUT2D eigenvalue weighted by Crippen LogP contribution is -2.02. The fourth-order valence-corrected chi connectivity index (χ4v) is 1.91. The molecule has 2 rings (SSSR count). The van der Waals surface area contributed by atoms with Crippen molar-refractivity contribution in [3.05, 3.63) is 69.3 Å². The molecule has 4 nitrogen and oxygen atoms in total. The van der Waals surface area contributed by atoms with Crippen molar-refractivity contribution in [3.63, 3.8) is 0 Å². The second-order valence-electron chi connectivity index (χ2n) is 4.22. The Balaban J connectivity index is 2.20. The van der Waals surface area contributed by atoms with Crippen LogP contribution in [0, 0.1) is 21.7 Å². The van der Waals surface area contributed by atoms with Crippen LogP contribution in [-0.4, -0.2) is 4.92 Å². The molecule has 0 bridgehead atoms. The van der Waals surface area contributed by atoms with Crippen molar-refractivity contribution in [2.45, 2.75) is 12.5 Å². The lowest BCUT2D eigenvalue weighted by atomic mass is 10.2. The van der Waals surface area contributed by atoms with Crippen LogP contribution in [0.4, 0.5) is 14.5 Å². The first-order chi connectivity index (χ1) is 10.0. The monoisotopic (exact) mass is 313 g/mol. The van der Waals surface area contributed by atoms with Crippen molar-refractivity contribution in [3.8, 4) is 5.75 Å². The van der Waals surface area contributed by atoms with Gasteiger partial charge in [-0.15, -0.1) is 11.6 Å². The van der Waals surface area contributed by atoms with E-state index < -0.39 is 16.6 Å². The Kier molecular flexibility index (Phi) is 4.70. The normalized spacial score (nSPS) is 10.4. The van der Waals surface area contributed by atoms with Gasteiger partial charge in [0.2, 0.25) is 0 Å². The third kappa shape index (κ3) is 3.66. The van der Waals surface area contributed by atoms with Crippen LogP contribution in [0.15, 0.2) is 36.4 Å². The van der Waals surface area contributed by atoms with Gasteiger partial charge in [0.05, 0.1) is 10.5 Å². The zero-order chi connectivity index (χ0) is 15.4. The lowest BCUT2D eigenvalue weighted by molar-refractivity contribution is -0.385. The van der Waals surface area contributed by atoms with Crippen LogP contribution in [0.2, 0.25) is 0 Å². The van der Waals surface area contributed by atoms with Gasteiger partial charge in [-0.25, -0.2) is 8.78 Å². The molecule has 2 aromatic carbocycles. The summed E-state index contributed by atoms with van der Waals surface area (Å²) in [6.07, 6.45) is 0. The lowest BCUT2D eigenvalue weighted by Gasteiger charge is -2.08. The molecule has 0 unspecified atom stereocenters. The van der Waals surface area contributed by atoms with E-state index in [-0.39, 0.29) is 29.5 Å². The van der Waals surface area contributed by atoms with E-state index in [4.69, 9.17) is 16.3 Å². The highest BCUT2D eigenvalue weighted by molar-refractivity contribution is 6.17. The van der Waals surface area contributed by atoms with Gasteiger partial charge in [-0.05, 0) is 29.8 Å². The summed E-state index contributed by atoms with van der Waals surface area (Å²) in [5.41, 5.74) is 0.327. The molecule has 0 N–H and O–H groups in total. The summed E-state index contributed by atoms with van der Waals surface area (Å²) >= 11 is 5.57. The number of nitrogens with zero attached hydrogens (tertiary/aromatic N) is 1. The maximum atomic E-state index is 13.7. The minimum Gasteiger partial charge on any atom is -0.486 e. The van der Waals surface area contributed by atoms with Crippen LogP contribution < -0.4 is 4.74 Å². The minimum absolute atomic E-state index is 0.0285. The first-order valence-corrected chi connectivity index (χ1v) is 6.44. The molecule has 0 amide bonds. The van der Waals surface area contributed by atoms with E-state index in [0.29, 0.717) is 5.56 Å². The Morgan fingerprint density at radius 2 is 1.95 bits per heavy atom. The van der Waals surface area contributed by atoms with Gasteiger partial charge < -0.3 is 4.74 Å². The standard InChI is InChI=1S/C14H10ClF2NO3/c15-7-9-1-4-14(12(17)5-9)21-8-10-6-11(16)2-3-13(10)18(19)20/h1-6H,7-8H2. The maximum Gasteiger partial charge on any atom is 0.276 e. The van der Waals surface area contributed by atoms with Crippen molar-refractivity contribution in [1.82, 2.24) is 0 Å². The average molecular weight is 314 g/mol. The third-order valence-corrected chi connectivity index (χ3v) is 3.08. The predicted octanol–water partition coefficient (Wildman–Crippen LogP) is 4.19. The molecule has 0 saturated carbocycles. The summed E-state index contributed by atoms with van der Waals surface area (Å²) in [7, 11) is 0. The molecule has 7 heteroatoms. The highest BCUT2D eigenvalue weighted by Gasteiger charge is 2.15. The molecular weight excluding hydrogens is 304 g/mol. The molecule has 0 spiro atoms. The van der Waals surface area contributed by atoms with Gasteiger partial charge in [-0.1, -0.05) is 6.07 Å². The first kappa shape index (κ1) is 15.2. The van der Waals surface area contributed by atoms with Crippen molar-refractivity contribution >= 4 is 17.3 Å². The largest absolute Gasteiger partial charge is 0.486 e. The van der Waals surface area contributed by atoms with Gasteiger partial charge in [-0.2, -0.15) is 0 Å². The molecule has 0 fully saturated rings. The number of halogens is 3. The molecular formula is C14H10ClF2NO3. The van der Waals surface area contributed by atoms with Crippen molar-refractivity contribution in [1.29, 1.82) is 0 Å². The van der Waals surface area contributed by atoms with E-state index >= 15 is 0 Å². The molecule has 0 aliphatic heterocycles. The zero-order valence-electron chi connectivity index (χ0n) is 10.7. The summed E-state index contributed by atoms with van der Waals surface area (Å²) in [5, 5.41) is 10.8. The van der Waals surface area contributed by atoms with E-state index in [1.807, 2.05) is 0 Å². The van der Waals surface area contributed by atoms with Crippen LogP contribution >= 0.6 is 11.6 Å². The molecule has 0 atom stereocenters. The molecule has 0 aliphatic carbocycles. The van der Waals surface area contributed by atoms with E-state index in [1.54, 1.807) is 6.07 Å². The zero-order valence-corrected chi connectivity index (χ0v) is 11.4. The SMILES string of the molecule is O=[N+]([O-])c1ccc(F)cc1COc1ccc(CCl)cc1F. The van der Waals surface area contributed by atoms with Gasteiger partial charge in [0.1, 0.15) is 12.4 Å². The molecule has 0 aliphatic rings. The number of hydrogen-bond acceptors (Lipinski definition) is 3. The van der Waals surface area contributed by atoms with Crippen LogP contribution in [-0.2, 0) is 12.5 Å². The smallest absolute Gasteiger partial charge is 0.276 e. The summed E-state index contributed by atoms with van der Waals surface area (Å²) in [6.45, 7) is -0.314. The molecule has 21 heavy (non-hydrogen) atoms. The van der Waals surface area contributed by atoms with Crippen molar-refractivity contribution in [2.24, 2.45) is 0 Å². The number of hydrogen-bond donors (Lipinski definition) is 0. The molecule has 0 aromatic heterocycles. The number of ether oxygens (including phenoxy) is 1. The van der Waals surface area contributed by atoms with E-state index in [0.717, 1.165) is 18.2 Å². The van der Waals surface area contributed by atoms with Gasteiger partial charge in [-0.3, -0.25) is 10.1 Å². The Morgan fingerprint density at radius 1 is 1.19 bits per heavy atom. The highest BCUT2D eigenvalue weighted by atomic mass is 35.5. The van der Waals surface area contributed by atoms with Gasteiger partial charge in [0.15, 0.2) is 11.6 Å². The third-order valence-electron chi connectivity index (χ3n) is 2.77. The summed E-state index contributed by atoms with van der Waals surface area (Å²) < 4.78 is 32.0. The van der Waals surface area contributed by atoms with Crippen LogP contribution in [0.3, 0.4) is 0 Å². The van der Waals surface area contributed by atoms with Gasteiger partial charge in [0.25, 0.3) is 5.69 Å². The average Bonchev–Trinajstić information content (AvgIpc) is 2.45. The fraction of sp³-hybridized carbons (Fsp3) is 0.143. The summed E-state index contributed by atoms with van der Waals surface area (Å²) in [4.78, 5) is 10.2. The fourth-order valence-electron chi connectivity index (χ4n) is 1.75. The second-order valence-corrected chi connectivity index (χ2v) is 4.48. The number of alkyl halides is 1. The number of nitro benzene ring substituents is 1. The summed E-state index contributed by atoms with van der Waals surface area (Å²) in [6, 6.07) is 7.17. The van der Waals surface area contributed by atoms with E-state index in [2.05, 4.69) is 0 Å². The quantitative estimate of drug-likeness (QED) is 0.472. The second kappa shape index (κ2) is 6.49. The Hall–Kier alpha value is -2.21. The summed E-state index contributed by atoms with van der Waals surface area (Å²) in [5.74, 6) is -1.18. The van der Waals surface area contributed by atoms with E-state index in [1.165, 1.54) is 12.1 Å². The number of nitro groups is 1. The molecule has 0 heterocycles. The molecule has 2 aromatic rings. The Bertz CT molecular complexity index is 679. The molecule has 0 saturated heterocycles. The van der Waals surface area contributed by atoms with E-state index in [9.17, 15) is 18.9 Å². The van der Waals surface area contributed by atoms with Gasteiger partial charge >= 0.3 is 0 Å². The topological polar surface area (TPSA) is 52.4 Å². The maximum absolute atomic E-state index is 13.7. The van der Waals surface area contributed by atoms with Crippen molar-refractivity contribution < 1.29 is 18.4 Å². The molecule has 0 radical (unpaired) electrons. The van der Waals surface area contributed by atoms with Gasteiger partial charge in [0, 0.05) is 11.9 Å². The first-order valence-electron chi connectivity index (χ1n) is 5.91. The Labute approximate surface area is 124 Å². The number of benzene rings is 2. The van der Waals surface area contributed by atoms with Crippen molar-refractivity contribution in [2.75, 3.05) is 0 Å². The Morgan fingerprint density at radius 3 is 2.57 bits per heavy atom. The van der Waals surface area contributed by atoms with Crippen LogP contribution in [0.25, 0.3) is 0 Å². The minimum atomic E-state index is -0.648. The predicted molar refractivity (Wildman–Crippen MR) is 73.3 cm³/mol.